The molecule has 3 rings (SSSR count). The van der Waals surface area contributed by atoms with Crippen LogP contribution in [0, 0.1) is 0 Å². The third kappa shape index (κ3) is 3.02. The molecule has 22 heavy (non-hydrogen) atoms. The van der Waals surface area contributed by atoms with Crippen LogP contribution in [0.4, 0.5) is 5.69 Å². The molecule has 2 fully saturated rings. The number of nitrogens with one attached hydrogen (secondary N) is 2. The summed E-state index contributed by atoms with van der Waals surface area (Å²) in [4.78, 5) is 12.9. The van der Waals surface area contributed by atoms with Crippen molar-refractivity contribution >= 4 is 21.6 Å². The fourth-order valence-corrected chi connectivity index (χ4v) is 4.91. The topological polar surface area (TPSA) is 70.9 Å². The molecule has 0 aliphatic carbocycles. The number of carbonyl (C=O) groups is 1. The Kier molecular flexibility index (Phi) is 4.20. The third-order valence-corrected chi connectivity index (χ3v) is 6.43. The first-order chi connectivity index (χ1) is 10.5. The van der Waals surface area contributed by atoms with Crippen molar-refractivity contribution in [3.63, 3.8) is 0 Å². The zero-order valence-electron chi connectivity index (χ0n) is 12.7. The van der Waals surface area contributed by atoms with E-state index in [1.807, 2.05) is 0 Å². The Morgan fingerprint density at radius 3 is 2.68 bits per heavy atom. The van der Waals surface area contributed by atoms with E-state index in [1.165, 1.54) is 19.9 Å². The molecule has 0 saturated carbocycles. The maximum absolute atomic E-state index is 12.7. The van der Waals surface area contributed by atoms with Crippen LogP contribution in [0.15, 0.2) is 29.2 Å². The Hall–Kier alpha value is -1.44. The average Bonchev–Trinajstić information content (AvgIpc) is 2.94. The molecule has 120 valence electrons. The minimum Gasteiger partial charge on any atom is -0.330 e. The average molecular weight is 324 g/mol. The number of sulfonamides is 1. The number of quaternary nitrogens is 1. The second-order valence-electron chi connectivity index (χ2n) is 6.07. The van der Waals surface area contributed by atoms with E-state index in [4.69, 9.17) is 0 Å². The Morgan fingerprint density at radius 1 is 1.27 bits per heavy atom. The number of carbonyl (C=O) groups excluding carboxylic acids is 1. The standard InChI is InChI=1S/C15H21N3O3S/c1-12(19)16-13-4-6-15(7-5-13)22(20,21)18-10-9-17-8-2-3-14(17)11-18/h4-7,14H,2-3,8-11H2,1H3,(H,16,19)/p+1/t14-/m1/s1. The summed E-state index contributed by atoms with van der Waals surface area (Å²) in [7, 11) is -3.44. The van der Waals surface area contributed by atoms with Crippen molar-refractivity contribution in [2.45, 2.75) is 30.7 Å². The Labute approximate surface area is 131 Å². The smallest absolute Gasteiger partial charge is 0.243 e. The van der Waals surface area contributed by atoms with Crippen LogP contribution in [0.1, 0.15) is 19.8 Å². The van der Waals surface area contributed by atoms with E-state index in [0.29, 0.717) is 29.7 Å². The van der Waals surface area contributed by atoms with Gasteiger partial charge in [-0.25, -0.2) is 8.42 Å². The van der Waals surface area contributed by atoms with Crippen molar-refractivity contribution in [3.8, 4) is 0 Å². The first-order valence-corrected chi connectivity index (χ1v) is 9.13. The third-order valence-electron chi connectivity index (χ3n) is 4.55. The Balaban J connectivity index is 1.76. The van der Waals surface area contributed by atoms with Crippen molar-refractivity contribution in [2.75, 3.05) is 31.5 Å². The van der Waals surface area contributed by atoms with Gasteiger partial charge in [-0.15, -0.1) is 0 Å². The van der Waals surface area contributed by atoms with Crippen molar-refractivity contribution in [3.05, 3.63) is 24.3 Å². The maximum atomic E-state index is 12.7. The highest BCUT2D eigenvalue weighted by Crippen LogP contribution is 2.20. The molecule has 2 heterocycles. The number of benzene rings is 1. The molecule has 2 N–H and O–H groups in total. The van der Waals surface area contributed by atoms with Gasteiger partial charge in [-0.05, 0) is 24.3 Å². The van der Waals surface area contributed by atoms with Gasteiger partial charge in [-0.3, -0.25) is 4.79 Å². The molecule has 0 radical (unpaired) electrons. The molecule has 0 bridgehead atoms. The number of hydrogen-bond donors (Lipinski definition) is 2. The fourth-order valence-electron chi connectivity index (χ4n) is 3.42. The van der Waals surface area contributed by atoms with Crippen LogP contribution in [0.5, 0.6) is 0 Å². The van der Waals surface area contributed by atoms with Gasteiger partial charge in [0, 0.05) is 25.5 Å². The quantitative estimate of drug-likeness (QED) is 0.802. The monoisotopic (exact) mass is 324 g/mol. The van der Waals surface area contributed by atoms with E-state index in [1.54, 1.807) is 33.5 Å². The minimum atomic E-state index is -3.44. The lowest BCUT2D eigenvalue weighted by Gasteiger charge is -2.34. The summed E-state index contributed by atoms with van der Waals surface area (Å²) in [6.07, 6.45) is 2.31. The molecule has 1 aromatic carbocycles. The van der Waals surface area contributed by atoms with Crippen LogP contribution in [-0.2, 0) is 14.8 Å². The summed E-state index contributed by atoms with van der Waals surface area (Å²) in [5.74, 6) is -0.170. The van der Waals surface area contributed by atoms with Crippen molar-refractivity contribution < 1.29 is 18.1 Å². The Morgan fingerprint density at radius 2 is 2.00 bits per heavy atom. The van der Waals surface area contributed by atoms with Crippen LogP contribution in [-0.4, -0.2) is 50.9 Å². The van der Waals surface area contributed by atoms with E-state index < -0.39 is 10.0 Å². The molecule has 1 unspecified atom stereocenters. The van der Waals surface area contributed by atoms with E-state index in [0.717, 1.165) is 13.0 Å². The molecule has 2 saturated heterocycles. The molecule has 2 aliphatic heterocycles. The largest absolute Gasteiger partial charge is 0.330 e. The number of hydrogen-bond acceptors (Lipinski definition) is 3. The molecule has 2 aliphatic rings. The van der Waals surface area contributed by atoms with Gasteiger partial charge in [0.1, 0.15) is 6.04 Å². The number of piperazine rings is 1. The van der Waals surface area contributed by atoms with Gasteiger partial charge in [-0.2, -0.15) is 4.31 Å². The molecule has 0 spiro atoms. The van der Waals surface area contributed by atoms with Gasteiger partial charge in [0.25, 0.3) is 0 Å². The van der Waals surface area contributed by atoms with Crippen molar-refractivity contribution in [1.82, 2.24) is 4.31 Å². The van der Waals surface area contributed by atoms with Crippen LogP contribution >= 0.6 is 0 Å². The lowest BCUT2D eigenvalue weighted by molar-refractivity contribution is -0.916. The second kappa shape index (κ2) is 5.98. The van der Waals surface area contributed by atoms with Gasteiger partial charge in [0.2, 0.25) is 15.9 Å². The first-order valence-electron chi connectivity index (χ1n) is 7.69. The molecule has 7 heteroatoms. The molecule has 2 atom stereocenters. The molecular weight excluding hydrogens is 302 g/mol. The lowest BCUT2D eigenvalue weighted by Crippen LogP contribution is -3.16. The SMILES string of the molecule is CC(=O)Nc1ccc(S(=O)(=O)N2CC[NH+]3CCC[C@@H]3C2)cc1. The first kappa shape index (κ1) is 15.5. The predicted molar refractivity (Wildman–Crippen MR) is 83.2 cm³/mol. The zero-order valence-corrected chi connectivity index (χ0v) is 13.5. The van der Waals surface area contributed by atoms with Gasteiger partial charge < -0.3 is 10.2 Å². The fraction of sp³-hybridized carbons (Fsp3) is 0.533. The number of anilines is 1. The summed E-state index contributed by atoms with van der Waals surface area (Å²) in [5.41, 5.74) is 0.608. The minimum absolute atomic E-state index is 0.170. The molecule has 6 nitrogen and oxygen atoms in total. The predicted octanol–water partition coefficient (Wildman–Crippen LogP) is -0.303. The second-order valence-corrected chi connectivity index (χ2v) is 8.00. The van der Waals surface area contributed by atoms with E-state index in [9.17, 15) is 13.2 Å². The molecule has 0 aromatic heterocycles. The summed E-state index contributed by atoms with van der Waals surface area (Å²) >= 11 is 0. The maximum Gasteiger partial charge on any atom is 0.243 e. The highest BCUT2D eigenvalue weighted by molar-refractivity contribution is 7.89. The summed E-state index contributed by atoms with van der Waals surface area (Å²) in [5, 5.41) is 2.64. The van der Waals surface area contributed by atoms with E-state index in [-0.39, 0.29) is 5.91 Å². The lowest BCUT2D eigenvalue weighted by atomic mass is 10.2. The molecular formula is C15H22N3O3S+. The van der Waals surface area contributed by atoms with Crippen LogP contribution < -0.4 is 10.2 Å². The number of nitrogens with zero attached hydrogens (tertiary/aromatic N) is 1. The highest BCUT2D eigenvalue weighted by Gasteiger charge is 2.39. The number of fused-ring (bicyclic) bond motifs is 1. The van der Waals surface area contributed by atoms with Gasteiger partial charge in [0.15, 0.2) is 0 Å². The summed E-state index contributed by atoms with van der Waals surface area (Å²) in [6, 6.07) is 6.84. The van der Waals surface area contributed by atoms with Crippen LogP contribution in [0.3, 0.4) is 0 Å². The van der Waals surface area contributed by atoms with Crippen molar-refractivity contribution in [2.24, 2.45) is 0 Å². The van der Waals surface area contributed by atoms with Crippen LogP contribution in [0.2, 0.25) is 0 Å². The van der Waals surface area contributed by atoms with E-state index in [2.05, 4.69) is 5.32 Å². The number of amides is 1. The van der Waals surface area contributed by atoms with E-state index >= 15 is 0 Å². The Bertz CT molecular complexity index is 657. The van der Waals surface area contributed by atoms with Gasteiger partial charge >= 0.3 is 0 Å². The van der Waals surface area contributed by atoms with Gasteiger partial charge in [0.05, 0.1) is 31.1 Å². The zero-order chi connectivity index (χ0) is 15.7. The summed E-state index contributed by atoms with van der Waals surface area (Å²) < 4.78 is 27.1. The highest BCUT2D eigenvalue weighted by atomic mass is 32.2. The normalized spacial score (nSPS) is 25.7. The van der Waals surface area contributed by atoms with Gasteiger partial charge in [-0.1, -0.05) is 0 Å². The molecule has 1 amide bonds. The summed E-state index contributed by atoms with van der Waals surface area (Å²) in [6.45, 7) is 4.69. The van der Waals surface area contributed by atoms with Crippen LogP contribution in [0.25, 0.3) is 0 Å². The van der Waals surface area contributed by atoms with Crippen molar-refractivity contribution in [1.29, 1.82) is 0 Å². The number of rotatable bonds is 3. The molecule has 1 aromatic rings.